The molecule has 20 nitrogen and oxygen atoms in total. The zero-order valence-electron chi connectivity index (χ0n) is 30.7. The van der Waals surface area contributed by atoms with Gasteiger partial charge in [-0.1, -0.05) is 24.8 Å². The van der Waals surface area contributed by atoms with Gasteiger partial charge in [0, 0.05) is 24.5 Å². The van der Waals surface area contributed by atoms with Crippen molar-refractivity contribution >= 4 is 19.6 Å². The number of carbonyl (C=O) groups is 2. The van der Waals surface area contributed by atoms with Crippen LogP contribution in [0.4, 0.5) is 8.78 Å². The maximum Gasteiger partial charge on any atom is 0.459 e. The highest BCUT2D eigenvalue weighted by atomic mass is 31.2. The lowest BCUT2D eigenvalue weighted by atomic mass is 9.95. The van der Waals surface area contributed by atoms with Crippen LogP contribution in [0.15, 0.2) is 76.9 Å². The molecule has 1 aromatic carbocycles. The van der Waals surface area contributed by atoms with Gasteiger partial charge in [-0.2, -0.15) is 5.09 Å². The van der Waals surface area contributed by atoms with E-state index in [9.17, 15) is 48.6 Å². The molecule has 0 aliphatic carbocycles. The number of aliphatic hydroxyl groups is 5. The molecule has 3 aliphatic heterocycles. The number of esters is 1. The molecule has 1 amide bonds. The molecule has 4 heterocycles. The molecule has 5 rings (SSSR count). The fourth-order valence-electron chi connectivity index (χ4n) is 5.62. The van der Waals surface area contributed by atoms with Gasteiger partial charge < -0.3 is 54.5 Å². The van der Waals surface area contributed by atoms with Crippen molar-refractivity contribution in [2.45, 2.75) is 94.3 Å². The number of halogens is 2. The van der Waals surface area contributed by atoms with Crippen LogP contribution in [0.1, 0.15) is 40.8 Å². The monoisotopic (exact) mass is 819 g/mol. The first-order valence-electron chi connectivity index (χ1n) is 16.8. The Balaban J connectivity index is 0.000000306. The molecule has 0 saturated carbocycles. The van der Waals surface area contributed by atoms with Crippen LogP contribution in [0, 0.1) is 0 Å². The van der Waals surface area contributed by atoms with Gasteiger partial charge in [-0.05, 0) is 46.8 Å². The van der Waals surface area contributed by atoms with Crippen molar-refractivity contribution in [3.05, 3.63) is 88.1 Å². The number of para-hydroxylation sites is 1. The molecule has 0 bridgehead atoms. The summed E-state index contributed by atoms with van der Waals surface area (Å²) in [7, 11) is -4.50. The number of carbonyl (C=O) groups excluding carboxylic acids is 2. The molecule has 56 heavy (non-hydrogen) atoms. The number of aromatic amines is 1. The number of amides is 1. The number of rotatable bonds is 12. The lowest BCUT2D eigenvalue weighted by Gasteiger charge is -2.36. The van der Waals surface area contributed by atoms with Crippen molar-refractivity contribution < 1.29 is 71.7 Å². The van der Waals surface area contributed by atoms with Gasteiger partial charge in [-0.15, -0.1) is 0 Å². The lowest BCUT2D eigenvalue weighted by molar-refractivity contribution is -0.207. The summed E-state index contributed by atoms with van der Waals surface area (Å²) >= 11 is 0. The molecule has 8 N–H and O–H groups in total. The molecule has 1 aromatic heterocycles. The van der Waals surface area contributed by atoms with E-state index in [4.69, 9.17) is 28.4 Å². The average molecular weight is 820 g/mol. The van der Waals surface area contributed by atoms with Gasteiger partial charge in [-0.25, -0.2) is 18.1 Å². The smallest absolute Gasteiger partial charge is 0.459 e. The second-order valence-corrected chi connectivity index (χ2v) is 15.3. The Hall–Kier alpha value is -4.35. The number of ether oxygens (including phenoxy) is 3. The third-order valence-electron chi connectivity index (χ3n) is 8.53. The summed E-state index contributed by atoms with van der Waals surface area (Å²) in [5.74, 6) is -7.20. The second kappa shape index (κ2) is 16.6. The van der Waals surface area contributed by atoms with Crippen molar-refractivity contribution in [1.29, 1.82) is 0 Å². The molecule has 2 saturated heterocycles. The minimum absolute atomic E-state index is 0.0348. The van der Waals surface area contributed by atoms with E-state index in [2.05, 4.69) is 17.0 Å². The van der Waals surface area contributed by atoms with Crippen LogP contribution in [0.3, 0.4) is 0 Å². The first-order chi connectivity index (χ1) is 25.9. The summed E-state index contributed by atoms with van der Waals surface area (Å²) in [6, 6.07) is 7.58. The van der Waals surface area contributed by atoms with Gasteiger partial charge in [0.2, 0.25) is 0 Å². The molecule has 0 radical (unpaired) electrons. The van der Waals surface area contributed by atoms with Gasteiger partial charge in [0.15, 0.2) is 12.5 Å². The fourth-order valence-corrected chi connectivity index (χ4v) is 7.13. The molecule has 2 unspecified atom stereocenters. The van der Waals surface area contributed by atoms with Crippen LogP contribution in [0.2, 0.25) is 0 Å². The lowest BCUT2D eigenvalue weighted by Crippen LogP contribution is -2.54. The zero-order valence-corrected chi connectivity index (χ0v) is 31.6. The van der Waals surface area contributed by atoms with Crippen molar-refractivity contribution in [1.82, 2.24) is 24.9 Å². The topological polar surface area (TPSA) is 281 Å². The maximum atomic E-state index is 15.9. The Bertz CT molecular complexity index is 1960. The van der Waals surface area contributed by atoms with E-state index >= 15 is 4.39 Å². The van der Waals surface area contributed by atoms with E-state index in [1.807, 2.05) is 4.98 Å². The summed E-state index contributed by atoms with van der Waals surface area (Å²) in [6.07, 6.45) is -4.56. The van der Waals surface area contributed by atoms with Crippen molar-refractivity contribution in [3.63, 3.8) is 0 Å². The van der Waals surface area contributed by atoms with Gasteiger partial charge in [-0.3, -0.25) is 28.5 Å². The Kier molecular flexibility index (Phi) is 13.2. The van der Waals surface area contributed by atoms with E-state index in [0.29, 0.717) is 0 Å². The normalized spacial score (nSPS) is 33.0. The number of aliphatic hydroxyl groups excluding tert-OH is 3. The summed E-state index contributed by atoms with van der Waals surface area (Å²) in [5, 5.41) is 54.9. The van der Waals surface area contributed by atoms with Crippen LogP contribution in [0.5, 0.6) is 5.75 Å². The molecular weight excluding hydrogens is 775 g/mol. The van der Waals surface area contributed by atoms with Gasteiger partial charge in [0.25, 0.3) is 23.2 Å². The number of aromatic nitrogens is 2. The van der Waals surface area contributed by atoms with E-state index in [-0.39, 0.29) is 11.6 Å². The standard InChI is InChI=1S/C23H31FN3O9P.C10H13FN2O6/c1-14(2)34-19(29)15(3)26-37(32,36-17-9-7-6-8-10-17)33-13-23(24)20(30)22(5,31)21(35-23)27-12-11-18(28)25-16(27)4;1-9(18)6(16)10(11,4-14)19-7(9)13-3-2-5(15)12-8(13)17/h6-12,14-15,20-21,30-31H,4,13H2,1-3,5H3,(H,25,28)(H,26,32);2-3,6-7,14,16,18H,4H2,1H3,(H,12,15,17)/t15?,20-,21+,22+,23+,37?;6-,7+,9+,10+/m00/s1. The molecule has 2 aromatic rings. The van der Waals surface area contributed by atoms with Gasteiger partial charge in [0.05, 0.1) is 6.10 Å². The zero-order chi connectivity index (χ0) is 42.0. The highest BCUT2D eigenvalue weighted by Gasteiger charge is 2.65. The first-order valence-corrected chi connectivity index (χ1v) is 18.3. The third kappa shape index (κ3) is 9.43. The van der Waals surface area contributed by atoms with Crippen LogP contribution in [-0.2, 0) is 32.9 Å². The Morgan fingerprint density at radius 2 is 1.61 bits per heavy atom. The Labute approximate surface area is 317 Å². The molecule has 23 heteroatoms. The number of nitrogens with one attached hydrogen (secondary N) is 3. The number of H-pyrrole nitrogens is 1. The minimum atomic E-state index is -4.50. The third-order valence-corrected chi connectivity index (χ3v) is 10.2. The molecular formula is C33H44F2N5O15P. The largest absolute Gasteiger partial charge is 0.462 e. The van der Waals surface area contributed by atoms with Crippen LogP contribution in [-0.4, -0.2) is 119 Å². The number of nitrogens with zero attached hydrogens (tertiary/aromatic N) is 2. The number of benzene rings is 1. The molecule has 10 atom stereocenters. The van der Waals surface area contributed by atoms with Gasteiger partial charge in [0.1, 0.15) is 54.2 Å². The average Bonchev–Trinajstić information content (AvgIpc) is 3.41. The molecule has 0 spiro atoms. The highest BCUT2D eigenvalue weighted by Crippen LogP contribution is 2.49. The molecule has 3 aliphatic rings. The van der Waals surface area contributed by atoms with Crippen molar-refractivity contribution in [2.75, 3.05) is 13.2 Å². The molecule has 2 fully saturated rings. The summed E-state index contributed by atoms with van der Waals surface area (Å²) in [6.45, 7) is 8.04. The fraction of sp³-hybridized carbons (Fsp3) is 0.515. The second-order valence-electron chi connectivity index (χ2n) is 13.6. The number of hydrogen-bond donors (Lipinski definition) is 8. The van der Waals surface area contributed by atoms with Crippen LogP contribution in [0.25, 0.3) is 0 Å². The predicted molar refractivity (Wildman–Crippen MR) is 187 cm³/mol. The maximum absolute atomic E-state index is 15.9. The van der Waals surface area contributed by atoms with E-state index in [1.165, 1.54) is 25.3 Å². The van der Waals surface area contributed by atoms with Crippen LogP contribution >= 0.6 is 7.75 Å². The predicted octanol–water partition coefficient (Wildman–Crippen LogP) is -0.494. The minimum Gasteiger partial charge on any atom is -0.462 e. The molecule has 310 valence electrons. The summed E-state index contributed by atoms with van der Waals surface area (Å²) < 4.78 is 70.2. The van der Waals surface area contributed by atoms with E-state index in [1.54, 1.807) is 32.0 Å². The highest BCUT2D eigenvalue weighted by molar-refractivity contribution is 7.52. The Morgan fingerprint density at radius 3 is 2.16 bits per heavy atom. The van der Waals surface area contributed by atoms with Crippen LogP contribution < -0.4 is 26.2 Å². The summed E-state index contributed by atoms with van der Waals surface area (Å²) in [5.41, 5.74) is -6.01. The SMILES string of the molecule is C=C1NC(=O)C=CN1[C@@H]1O[C@](F)(COP(=O)(NC(C)C(=O)OC(C)C)Oc2ccccc2)[C@@H](O)[C@@]1(C)O.C[C@]1(O)[C@H](n2ccc(=O)[nH]c2=O)O[C@](F)(CO)[C@H]1O. The number of hydrogen-bond acceptors (Lipinski definition) is 16. The van der Waals surface area contributed by atoms with E-state index < -0.39 is 104 Å². The first kappa shape index (κ1) is 44.4. The van der Waals surface area contributed by atoms with Crippen molar-refractivity contribution in [3.8, 4) is 5.75 Å². The Morgan fingerprint density at radius 1 is 1.02 bits per heavy atom. The van der Waals surface area contributed by atoms with Crippen molar-refractivity contribution in [2.24, 2.45) is 0 Å². The van der Waals surface area contributed by atoms with E-state index in [0.717, 1.165) is 41.7 Å². The quantitative estimate of drug-likeness (QED) is 0.0991. The number of alkyl halides is 2. The van der Waals surface area contributed by atoms with Gasteiger partial charge >= 0.3 is 19.4 Å². The summed E-state index contributed by atoms with van der Waals surface area (Å²) in [4.78, 5) is 49.3.